The Hall–Kier alpha value is -2.70. The zero-order valence-electron chi connectivity index (χ0n) is 16.1. The normalized spacial score (nSPS) is 17.9. The van der Waals surface area contributed by atoms with Crippen LogP contribution in [0.3, 0.4) is 0 Å². The van der Waals surface area contributed by atoms with Gasteiger partial charge in [-0.25, -0.2) is 4.98 Å². The summed E-state index contributed by atoms with van der Waals surface area (Å²) in [5.74, 6) is 1.79. The fourth-order valence-corrected chi connectivity index (χ4v) is 4.25. The molecule has 3 heterocycles. The van der Waals surface area contributed by atoms with Gasteiger partial charge in [0.1, 0.15) is 11.3 Å². The van der Waals surface area contributed by atoms with Crippen LogP contribution in [-0.2, 0) is 6.42 Å². The second-order valence-corrected chi connectivity index (χ2v) is 7.85. The number of hydrogen-bond acceptors (Lipinski definition) is 5. The van der Waals surface area contributed by atoms with Crippen molar-refractivity contribution < 1.29 is 4.74 Å². The lowest BCUT2D eigenvalue weighted by molar-refractivity contribution is 0.120. The Morgan fingerprint density at radius 3 is 2.71 bits per heavy atom. The predicted octanol–water partition coefficient (Wildman–Crippen LogP) is 3.74. The maximum absolute atomic E-state index is 12.9. The van der Waals surface area contributed by atoms with Gasteiger partial charge >= 0.3 is 0 Å². The Morgan fingerprint density at radius 1 is 1.18 bits per heavy atom. The van der Waals surface area contributed by atoms with Gasteiger partial charge in [0.05, 0.1) is 23.9 Å². The molecule has 7 heteroatoms. The summed E-state index contributed by atoms with van der Waals surface area (Å²) in [5, 5.41) is 3.44. The second-order valence-electron chi connectivity index (χ2n) is 7.85. The van der Waals surface area contributed by atoms with Gasteiger partial charge in [0, 0.05) is 11.9 Å². The number of nitrogens with one attached hydrogen (secondary N) is 1. The Bertz CT molecular complexity index is 1010. The fourth-order valence-electron chi connectivity index (χ4n) is 4.25. The summed E-state index contributed by atoms with van der Waals surface area (Å²) in [6.45, 7) is 2.05. The van der Waals surface area contributed by atoms with E-state index in [1.54, 1.807) is 12.4 Å². The predicted molar refractivity (Wildman–Crippen MR) is 106 cm³/mol. The highest BCUT2D eigenvalue weighted by Gasteiger charge is 2.28. The van der Waals surface area contributed by atoms with Gasteiger partial charge < -0.3 is 4.74 Å². The first kappa shape index (κ1) is 17.4. The van der Waals surface area contributed by atoms with Crippen LogP contribution in [0.5, 0.6) is 5.75 Å². The molecule has 0 amide bonds. The average Bonchev–Trinajstić information content (AvgIpc) is 3.32. The van der Waals surface area contributed by atoms with Crippen LogP contribution in [-0.4, -0.2) is 30.8 Å². The third-order valence-corrected chi connectivity index (χ3v) is 6.06. The van der Waals surface area contributed by atoms with Gasteiger partial charge in [-0.3, -0.25) is 19.6 Å². The number of aromatic nitrogens is 5. The quantitative estimate of drug-likeness (QED) is 0.730. The molecule has 1 N–H and O–H groups in total. The van der Waals surface area contributed by atoms with Crippen molar-refractivity contribution >= 4 is 0 Å². The third kappa shape index (κ3) is 2.89. The van der Waals surface area contributed by atoms with E-state index in [4.69, 9.17) is 9.72 Å². The molecule has 0 spiro atoms. The van der Waals surface area contributed by atoms with Crippen LogP contribution in [0, 0.1) is 0 Å². The highest BCUT2D eigenvalue weighted by atomic mass is 16.5. The topological polar surface area (TPSA) is 85.7 Å². The first-order valence-electron chi connectivity index (χ1n) is 10.4. The van der Waals surface area contributed by atoms with E-state index in [-0.39, 0.29) is 11.7 Å². The lowest BCUT2D eigenvalue weighted by Gasteiger charge is -2.27. The minimum atomic E-state index is -0.226. The number of fused-ring (bicyclic) bond motifs is 1. The van der Waals surface area contributed by atoms with E-state index in [2.05, 4.69) is 19.7 Å². The van der Waals surface area contributed by atoms with Crippen LogP contribution >= 0.6 is 0 Å². The maximum atomic E-state index is 12.9. The molecule has 7 nitrogen and oxygen atoms in total. The van der Waals surface area contributed by atoms with E-state index in [0.717, 1.165) is 43.4 Å². The number of pyridine rings is 1. The molecule has 4 aliphatic rings. The number of H-pyrrole nitrogens is 1. The standard InChI is InChI=1S/C21H25N5O2/c1-2-16-18-20(26(25-16)13-6-3-4-7-13)23-19(24-21(18)27)15-10-11-22-12-17(15)28-14-8-5-9-14/h10-14,25H,2-9H2,1H3. The summed E-state index contributed by atoms with van der Waals surface area (Å²) in [6.07, 6.45) is 12.3. The first-order valence-corrected chi connectivity index (χ1v) is 10.4. The highest BCUT2D eigenvalue weighted by Crippen LogP contribution is 2.36. The van der Waals surface area contributed by atoms with Crippen molar-refractivity contribution in [2.75, 3.05) is 0 Å². The number of aromatic amines is 1. The molecule has 2 saturated carbocycles. The monoisotopic (exact) mass is 379 g/mol. The molecule has 0 bridgehead atoms. The van der Waals surface area contributed by atoms with Crippen molar-refractivity contribution in [1.29, 1.82) is 0 Å². The molecule has 2 aliphatic heterocycles. The summed E-state index contributed by atoms with van der Waals surface area (Å²) >= 11 is 0. The molecule has 0 saturated heterocycles. The largest absolute Gasteiger partial charge is 0.488 e. The number of ether oxygens (including phenoxy) is 1. The first-order chi connectivity index (χ1) is 13.7. The van der Waals surface area contributed by atoms with E-state index in [9.17, 15) is 4.79 Å². The molecule has 2 fully saturated rings. The summed E-state index contributed by atoms with van der Waals surface area (Å²) in [5.41, 5.74) is 2.04. The minimum Gasteiger partial charge on any atom is -0.488 e. The molecule has 5 rings (SSSR count). The van der Waals surface area contributed by atoms with Crippen LogP contribution in [0.4, 0.5) is 0 Å². The molecule has 28 heavy (non-hydrogen) atoms. The van der Waals surface area contributed by atoms with Gasteiger partial charge in [-0.1, -0.05) is 19.8 Å². The van der Waals surface area contributed by atoms with Gasteiger partial charge in [-0.05, 0) is 44.6 Å². The lowest BCUT2D eigenvalue weighted by atomic mass is 9.96. The van der Waals surface area contributed by atoms with Crippen molar-refractivity contribution in [2.24, 2.45) is 0 Å². The van der Waals surface area contributed by atoms with Crippen molar-refractivity contribution in [3.63, 3.8) is 0 Å². The third-order valence-electron chi connectivity index (χ3n) is 6.06. The minimum absolute atomic E-state index is 0.223. The average molecular weight is 379 g/mol. The number of rotatable bonds is 5. The Balaban J connectivity index is 1.64. The maximum Gasteiger partial charge on any atom is 0.284 e. The molecule has 1 aromatic heterocycles. The summed E-state index contributed by atoms with van der Waals surface area (Å²) in [6, 6.07) is 2.20. The Labute approximate surface area is 163 Å². The smallest absolute Gasteiger partial charge is 0.284 e. The van der Waals surface area contributed by atoms with Crippen LogP contribution in [0.25, 0.3) is 22.8 Å². The molecule has 0 aromatic carbocycles. The summed E-state index contributed by atoms with van der Waals surface area (Å²) in [7, 11) is 0. The van der Waals surface area contributed by atoms with Gasteiger partial charge in [-0.2, -0.15) is 4.98 Å². The number of hydrogen-bond donors (Lipinski definition) is 1. The van der Waals surface area contributed by atoms with Gasteiger partial charge in [-0.15, -0.1) is 0 Å². The van der Waals surface area contributed by atoms with E-state index in [1.807, 2.05) is 13.0 Å². The highest BCUT2D eigenvalue weighted by molar-refractivity contribution is 5.68. The molecular formula is C21H25N5O2. The molecule has 0 radical (unpaired) electrons. The zero-order chi connectivity index (χ0) is 19.1. The Kier molecular flexibility index (Phi) is 4.37. The molecule has 1 aromatic rings. The van der Waals surface area contributed by atoms with Gasteiger partial charge in [0.2, 0.25) is 0 Å². The van der Waals surface area contributed by atoms with E-state index in [1.165, 1.54) is 19.3 Å². The summed E-state index contributed by atoms with van der Waals surface area (Å²) < 4.78 is 8.18. The van der Waals surface area contributed by atoms with Crippen LogP contribution in [0.15, 0.2) is 23.3 Å². The van der Waals surface area contributed by atoms with Crippen LogP contribution < -0.4 is 10.3 Å². The SMILES string of the molecule is CCc1[nH]n(C2CCCC2)c2nc(-c3ccncc3OC3CCC3)nc(=O)c1-2. The van der Waals surface area contributed by atoms with E-state index >= 15 is 0 Å². The van der Waals surface area contributed by atoms with E-state index in [0.29, 0.717) is 29.0 Å². The zero-order valence-corrected chi connectivity index (χ0v) is 16.1. The number of nitrogens with zero attached hydrogens (tertiary/aromatic N) is 4. The van der Waals surface area contributed by atoms with Crippen molar-refractivity contribution in [3.05, 3.63) is 34.5 Å². The molecule has 0 unspecified atom stereocenters. The van der Waals surface area contributed by atoms with E-state index < -0.39 is 0 Å². The second kappa shape index (κ2) is 7.04. The number of aryl methyl sites for hydroxylation is 1. The van der Waals surface area contributed by atoms with Crippen LogP contribution in [0.2, 0.25) is 0 Å². The molecular weight excluding hydrogens is 354 g/mol. The van der Waals surface area contributed by atoms with Gasteiger partial charge in [0.25, 0.3) is 5.56 Å². The lowest BCUT2D eigenvalue weighted by Crippen LogP contribution is -2.25. The van der Waals surface area contributed by atoms with Crippen molar-refractivity contribution in [2.45, 2.75) is 70.4 Å². The fraction of sp³-hybridized carbons (Fsp3) is 0.524. The molecule has 146 valence electrons. The molecule has 0 atom stereocenters. The van der Waals surface area contributed by atoms with Crippen molar-refractivity contribution in [1.82, 2.24) is 24.7 Å². The Morgan fingerprint density at radius 2 is 2.00 bits per heavy atom. The van der Waals surface area contributed by atoms with Crippen molar-refractivity contribution in [3.8, 4) is 28.5 Å². The van der Waals surface area contributed by atoms with Crippen LogP contribution in [0.1, 0.15) is 63.6 Å². The van der Waals surface area contributed by atoms with Gasteiger partial charge in [0.15, 0.2) is 11.6 Å². The summed E-state index contributed by atoms with van der Waals surface area (Å²) in [4.78, 5) is 26.3. The molecule has 2 aliphatic carbocycles.